The Morgan fingerprint density at radius 2 is 1.89 bits per heavy atom. The summed E-state index contributed by atoms with van der Waals surface area (Å²) in [6.45, 7) is 7.82. The van der Waals surface area contributed by atoms with Crippen molar-refractivity contribution in [3.05, 3.63) is 33.8 Å². The van der Waals surface area contributed by atoms with Gasteiger partial charge >= 0.3 is 0 Å². The highest BCUT2D eigenvalue weighted by molar-refractivity contribution is 6.42. The van der Waals surface area contributed by atoms with E-state index in [1.165, 1.54) is 12.0 Å². The maximum Gasteiger partial charge on any atom is 0.0595 e. The molecule has 102 valence electrons. The molecule has 3 heteroatoms. The molecule has 0 bridgehead atoms. The molecule has 0 spiro atoms. The molecule has 1 aromatic rings. The molecular weight excluding hydrogens is 265 g/mol. The third-order valence-electron chi connectivity index (χ3n) is 3.19. The second kappa shape index (κ2) is 8.04. The molecule has 0 saturated carbocycles. The highest BCUT2D eigenvalue weighted by atomic mass is 35.5. The molecular formula is C15H23Cl2N. The van der Waals surface area contributed by atoms with Gasteiger partial charge in [0.15, 0.2) is 0 Å². The van der Waals surface area contributed by atoms with Crippen LogP contribution in [0.3, 0.4) is 0 Å². The molecule has 1 nitrogen and oxygen atoms in total. The summed E-state index contributed by atoms with van der Waals surface area (Å²) in [6, 6.07) is 6.48. The Bertz CT molecular complexity index is 364. The number of benzene rings is 1. The van der Waals surface area contributed by atoms with Gasteiger partial charge in [-0.15, -0.1) is 0 Å². The average Bonchev–Trinajstić information content (AvgIpc) is 2.33. The van der Waals surface area contributed by atoms with Gasteiger partial charge in [0.2, 0.25) is 0 Å². The van der Waals surface area contributed by atoms with Crippen molar-refractivity contribution >= 4 is 23.2 Å². The van der Waals surface area contributed by atoms with E-state index in [0.29, 0.717) is 22.0 Å². The number of aryl methyl sites for hydroxylation is 1. The van der Waals surface area contributed by atoms with Crippen LogP contribution in [0.15, 0.2) is 18.2 Å². The van der Waals surface area contributed by atoms with Crippen LogP contribution in [0, 0.1) is 5.92 Å². The number of rotatable bonds is 7. The Labute approximate surface area is 121 Å². The van der Waals surface area contributed by atoms with Crippen LogP contribution in [0.25, 0.3) is 0 Å². The molecule has 1 unspecified atom stereocenters. The molecule has 1 N–H and O–H groups in total. The number of nitrogens with one attached hydrogen (secondary N) is 1. The summed E-state index contributed by atoms with van der Waals surface area (Å²) in [7, 11) is 0. The van der Waals surface area contributed by atoms with E-state index in [1.807, 2.05) is 12.1 Å². The molecule has 18 heavy (non-hydrogen) atoms. The molecule has 1 atom stereocenters. The molecule has 0 aliphatic carbocycles. The smallest absolute Gasteiger partial charge is 0.0595 e. The van der Waals surface area contributed by atoms with Gasteiger partial charge in [-0.05, 0) is 49.4 Å². The van der Waals surface area contributed by atoms with Crippen LogP contribution >= 0.6 is 23.2 Å². The highest BCUT2D eigenvalue weighted by Gasteiger charge is 2.12. The zero-order valence-corrected chi connectivity index (χ0v) is 13.0. The van der Waals surface area contributed by atoms with E-state index in [1.54, 1.807) is 0 Å². The van der Waals surface area contributed by atoms with Crippen LogP contribution in [0.4, 0.5) is 0 Å². The number of halogens is 2. The lowest BCUT2D eigenvalue weighted by atomic mass is 9.96. The predicted molar refractivity (Wildman–Crippen MR) is 81.7 cm³/mol. The fraction of sp³-hybridized carbons (Fsp3) is 0.600. The summed E-state index contributed by atoms with van der Waals surface area (Å²) in [5.74, 6) is 0.652. The maximum absolute atomic E-state index is 6.03. The van der Waals surface area contributed by atoms with E-state index >= 15 is 0 Å². The van der Waals surface area contributed by atoms with Crippen LogP contribution in [0.2, 0.25) is 10.0 Å². The molecule has 0 amide bonds. The first-order chi connectivity index (χ1) is 8.54. The SMILES string of the molecule is CCCNC(CCc1ccc(Cl)c(Cl)c1)C(C)C. The van der Waals surface area contributed by atoms with E-state index in [9.17, 15) is 0 Å². The monoisotopic (exact) mass is 287 g/mol. The van der Waals surface area contributed by atoms with Gasteiger partial charge in [0, 0.05) is 6.04 Å². The summed E-state index contributed by atoms with van der Waals surface area (Å²) in [6.07, 6.45) is 3.35. The molecule has 0 aromatic heterocycles. The normalized spacial score (nSPS) is 13.0. The summed E-state index contributed by atoms with van der Waals surface area (Å²) < 4.78 is 0. The quantitative estimate of drug-likeness (QED) is 0.748. The Morgan fingerprint density at radius 1 is 1.17 bits per heavy atom. The molecule has 0 saturated heterocycles. The van der Waals surface area contributed by atoms with Crippen LogP contribution < -0.4 is 5.32 Å². The van der Waals surface area contributed by atoms with Crippen molar-refractivity contribution in [3.63, 3.8) is 0 Å². The Kier molecular flexibility index (Phi) is 7.06. The summed E-state index contributed by atoms with van der Waals surface area (Å²) in [4.78, 5) is 0. The molecule has 0 aliphatic heterocycles. The topological polar surface area (TPSA) is 12.0 Å². The summed E-state index contributed by atoms with van der Waals surface area (Å²) in [5, 5.41) is 4.89. The zero-order valence-electron chi connectivity index (χ0n) is 11.5. The van der Waals surface area contributed by atoms with Crippen molar-refractivity contribution in [2.45, 2.75) is 46.1 Å². The first-order valence-electron chi connectivity index (χ1n) is 6.72. The van der Waals surface area contributed by atoms with Crippen molar-refractivity contribution in [2.75, 3.05) is 6.54 Å². The number of hydrogen-bond acceptors (Lipinski definition) is 1. The van der Waals surface area contributed by atoms with Crippen molar-refractivity contribution in [1.29, 1.82) is 0 Å². The minimum atomic E-state index is 0.569. The van der Waals surface area contributed by atoms with Gasteiger partial charge in [0.1, 0.15) is 0 Å². The molecule has 0 fully saturated rings. The van der Waals surface area contributed by atoms with Gasteiger partial charge < -0.3 is 5.32 Å². The Hall–Kier alpha value is -0.240. The minimum absolute atomic E-state index is 0.569. The lowest BCUT2D eigenvalue weighted by molar-refractivity contribution is 0.378. The third kappa shape index (κ3) is 5.17. The standard InChI is InChI=1S/C15H23Cl2N/c1-4-9-18-15(11(2)3)8-6-12-5-7-13(16)14(17)10-12/h5,7,10-11,15,18H,4,6,8-9H2,1-3H3. The summed E-state index contributed by atoms with van der Waals surface area (Å²) >= 11 is 11.9. The van der Waals surface area contributed by atoms with Crippen LogP contribution in [0.1, 0.15) is 39.2 Å². The van der Waals surface area contributed by atoms with E-state index in [4.69, 9.17) is 23.2 Å². The van der Waals surface area contributed by atoms with Crippen LogP contribution in [0.5, 0.6) is 0 Å². The van der Waals surface area contributed by atoms with Gasteiger partial charge in [0.25, 0.3) is 0 Å². The van der Waals surface area contributed by atoms with Crippen LogP contribution in [-0.4, -0.2) is 12.6 Å². The molecule has 0 radical (unpaired) electrons. The summed E-state index contributed by atoms with van der Waals surface area (Å²) in [5.41, 5.74) is 1.26. The van der Waals surface area contributed by atoms with Crippen molar-refractivity contribution in [2.24, 2.45) is 5.92 Å². The molecule has 1 rings (SSSR count). The Balaban J connectivity index is 2.52. The van der Waals surface area contributed by atoms with E-state index in [0.717, 1.165) is 19.4 Å². The number of hydrogen-bond donors (Lipinski definition) is 1. The largest absolute Gasteiger partial charge is 0.314 e. The van der Waals surface area contributed by atoms with Gasteiger partial charge in [-0.3, -0.25) is 0 Å². The molecule has 0 heterocycles. The van der Waals surface area contributed by atoms with Gasteiger partial charge in [0.05, 0.1) is 10.0 Å². The van der Waals surface area contributed by atoms with Gasteiger partial charge in [-0.25, -0.2) is 0 Å². The minimum Gasteiger partial charge on any atom is -0.314 e. The van der Waals surface area contributed by atoms with E-state index in [-0.39, 0.29) is 0 Å². The first kappa shape index (κ1) is 15.8. The fourth-order valence-corrected chi connectivity index (χ4v) is 2.34. The molecule has 0 aliphatic rings. The van der Waals surface area contributed by atoms with Crippen LogP contribution in [-0.2, 0) is 6.42 Å². The second-order valence-corrected chi connectivity index (χ2v) is 5.91. The van der Waals surface area contributed by atoms with Crippen molar-refractivity contribution in [3.8, 4) is 0 Å². The third-order valence-corrected chi connectivity index (χ3v) is 3.93. The highest BCUT2D eigenvalue weighted by Crippen LogP contribution is 2.23. The maximum atomic E-state index is 6.03. The Morgan fingerprint density at radius 3 is 2.44 bits per heavy atom. The van der Waals surface area contributed by atoms with Crippen molar-refractivity contribution in [1.82, 2.24) is 5.32 Å². The van der Waals surface area contributed by atoms with Gasteiger partial charge in [-0.2, -0.15) is 0 Å². The molecule has 1 aromatic carbocycles. The first-order valence-corrected chi connectivity index (χ1v) is 7.47. The fourth-order valence-electron chi connectivity index (χ4n) is 2.02. The van der Waals surface area contributed by atoms with E-state index in [2.05, 4.69) is 32.2 Å². The van der Waals surface area contributed by atoms with E-state index < -0.39 is 0 Å². The zero-order chi connectivity index (χ0) is 13.5. The van der Waals surface area contributed by atoms with Gasteiger partial charge in [-0.1, -0.05) is 50.0 Å². The average molecular weight is 288 g/mol. The predicted octanol–water partition coefficient (Wildman–Crippen LogP) is 4.95. The lowest BCUT2D eigenvalue weighted by Gasteiger charge is -2.22. The lowest BCUT2D eigenvalue weighted by Crippen LogP contribution is -2.34. The second-order valence-electron chi connectivity index (χ2n) is 5.09. The van der Waals surface area contributed by atoms with Crippen molar-refractivity contribution < 1.29 is 0 Å².